The number of carbonyl (C=O) groups is 1. The third kappa shape index (κ3) is 4.92. The molecule has 1 saturated heterocycles. The molecule has 0 spiro atoms. The molecular weight excluding hydrogens is 412 g/mol. The van der Waals surface area contributed by atoms with E-state index in [1.165, 1.54) is 22.3 Å². The van der Waals surface area contributed by atoms with Gasteiger partial charge in [-0.15, -0.1) is 0 Å². The van der Waals surface area contributed by atoms with Gasteiger partial charge in [0.1, 0.15) is 0 Å². The van der Waals surface area contributed by atoms with Crippen molar-refractivity contribution in [1.82, 2.24) is 14.8 Å². The van der Waals surface area contributed by atoms with E-state index in [2.05, 4.69) is 67.2 Å². The van der Waals surface area contributed by atoms with Gasteiger partial charge in [0.25, 0.3) is 5.91 Å². The summed E-state index contributed by atoms with van der Waals surface area (Å²) in [6, 6.07) is 10.5. The summed E-state index contributed by atoms with van der Waals surface area (Å²) in [5.74, 6) is 0.108. The zero-order valence-corrected chi connectivity index (χ0v) is 20.5. The molecule has 176 valence electrons. The second-order valence-electron chi connectivity index (χ2n) is 9.17. The first-order valence-electron chi connectivity index (χ1n) is 11.8. The SMILES string of the molecule is COCCN1CCN(C(=O)c2cc(NCc3c(C)cccc3C)c3[nH]c(C)c(C)c3c2)CC1. The van der Waals surface area contributed by atoms with E-state index in [-0.39, 0.29) is 5.91 Å². The Labute approximate surface area is 196 Å². The Bertz CT molecular complexity index is 1120. The van der Waals surface area contributed by atoms with Crippen LogP contribution in [0.1, 0.15) is 38.3 Å². The van der Waals surface area contributed by atoms with Crippen LogP contribution in [0.15, 0.2) is 30.3 Å². The Hall–Kier alpha value is -2.83. The first-order valence-corrected chi connectivity index (χ1v) is 11.8. The molecule has 2 heterocycles. The number of anilines is 1. The number of methoxy groups -OCH3 is 1. The third-order valence-corrected chi connectivity index (χ3v) is 7.04. The van der Waals surface area contributed by atoms with Crippen LogP contribution in [0.5, 0.6) is 0 Å². The molecule has 0 aliphatic carbocycles. The van der Waals surface area contributed by atoms with Gasteiger partial charge >= 0.3 is 0 Å². The standard InChI is InChI=1S/C27H36N4O2/c1-18-7-6-8-19(2)24(18)17-28-25-16-22(15-23-20(3)21(4)29-26(23)25)27(32)31-11-9-30(10-12-31)13-14-33-5/h6-8,15-16,28-29H,9-14,17H2,1-5H3. The molecule has 1 amide bonds. The lowest BCUT2D eigenvalue weighted by Gasteiger charge is -2.34. The number of hydrogen-bond donors (Lipinski definition) is 2. The zero-order valence-electron chi connectivity index (χ0n) is 20.5. The van der Waals surface area contributed by atoms with Crippen molar-refractivity contribution in [2.45, 2.75) is 34.2 Å². The highest BCUT2D eigenvalue weighted by atomic mass is 16.5. The first kappa shape index (κ1) is 23.3. The number of rotatable bonds is 7. The highest BCUT2D eigenvalue weighted by Crippen LogP contribution is 2.31. The van der Waals surface area contributed by atoms with Crippen LogP contribution in [-0.2, 0) is 11.3 Å². The normalized spacial score (nSPS) is 14.8. The summed E-state index contributed by atoms with van der Waals surface area (Å²) in [5.41, 5.74) is 8.97. The average Bonchev–Trinajstić information content (AvgIpc) is 3.11. The van der Waals surface area contributed by atoms with E-state index in [1.54, 1.807) is 7.11 Å². The fourth-order valence-corrected chi connectivity index (χ4v) is 4.71. The van der Waals surface area contributed by atoms with Crippen LogP contribution in [0.25, 0.3) is 10.9 Å². The van der Waals surface area contributed by atoms with Crippen molar-refractivity contribution in [2.24, 2.45) is 0 Å². The number of ether oxygens (including phenoxy) is 1. The van der Waals surface area contributed by atoms with Crippen molar-refractivity contribution < 1.29 is 9.53 Å². The van der Waals surface area contributed by atoms with E-state index in [9.17, 15) is 4.79 Å². The number of aromatic amines is 1. The van der Waals surface area contributed by atoms with Crippen LogP contribution in [-0.4, -0.2) is 67.1 Å². The number of amides is 1. The van der Waals surface area contributed by atoms with Crippen LogP contribution >= 0.6 is 0 Å². The average molecular weight is 449 g/mol. The minimum atomic E-state index is 0.108. The molecule has 4 rings (SSSR count). The smallest absolute Gasteiger partial charge is 0.254 e. The molecule has 1 aromatic heterocycles. The minimum absolute atomic E-state index is 0.108. The molecule has 0 atom stereocenters. The van der Waals surface area contributed by atoms with Crippen molar-refractivity contribution in [3.63, 3.8) is 0 Å². The Balaban J connectivity index is 1.59. The number of benzene rings is 2. The predicted molar refractivity (Wildman–Crippen MR) is 135 cm³/mol. The molecule has 33 heavy (non-hydrogen) atoms. The Morgan fingerprint density at radius 3 is 2.42 bits per heavy atom. The van der Waals surface area contributed by atoms with Crippen molar-refractivity contribution in [2.75, 3.05) is 51.8 Å². The zero-order chi connectivity index (χ0) is 23.5. The van der Waals surface area contributed by atoms with Gasteiger partial charge in [-0.3, -0.25) is 9.69 Å². The number of aryl methyl sites for hydroxylation is 4. The number of aromatic nitrogens is 1. The maximum absolute atomic E-state index is 13.5. The van der Waals surface area contributed by atoms with Gasteiger partial charge in [0, 0.05) is 63.0 Å². The molecule has 2 aromatic carbocycles. The fourth-order valence-electron chi connectivity index (χ4n) is 4.71. The molecule has 0 saturated carbocycles. The van der Waals surface area contributed by atoms with Crippen LogP contribution in [0.2, 0.25) is 0 Å². The second kappa shape index (κ2) is 9.98. The van der Waals surface area contributed by atoms with E-state index < -0.39 is 0 Å². The predicted octanol–water partition coefficient (Wildman–Crippen LogP) is 4.42. The van der Waals surface area contributed by atoms with Gasteiger partial charge in [-0.25, -0.2) is 0 Å². The van der Waals surface area contributed by atoms with E-state index in [1.807, 2.05) is 11.0 Å². The van der Waals surface area contributed by atoms with Crippen LogP contribution in [0.4, 0.5) is 5.69 Å². The van der Waals surface area contributed by atoms with E-state index in [0.29, 0.717) is 0 Å². The van der Waals surface area contributed by atoms with E-state index in [0.717, 1.165) is 73.7 Å². The molecule has 1 aliphatic rings. The lowest BCUT2D eigenvalue weighted by atomic mass is 10.0. The summed E-state index contributed by atoms with van der Waals surface area (Å²) in [6.07, 6.45) is 0. The maximum atomic E-state index is 13.5. The van der Waals surface area contributed by atoms with Crippen molar-refractivity contribution in [3.05, 3.63) is 63.8 Å². The number of hydrogen-bond acceptors (Lipinski definition) is 4. The van der Waals surface area contributed by atoms with E-state index >= 15 is 0 Å². The van der Waals surface area contributed by atoms with Crippen molar-refractivity contribution in [1.29, 1.82) is 0 Å². The highest BCUT2D eigenvalue weighted by Gasteiger charge is 2.23. The number of nitrogens with zero attached hydrogens (tertiary/aromatic N) is 2. The molecule has 0 radical (unpaired) electrons. The van der Waals surface area contributed by atoms with Gasteiger partial charge in [-0.2, -0.15) is 0 Å². The summed E-state index contributed by atoms with van der Waals surface area (Å²) in [6.45, 7) is 14.1. The molecule has 1 aliphatic heterocycles. The molecule has 6 nitrogen and oxygen atoms in total. The maximum Gasteiger partial charge on any atom is 0.254 e. The fraction of sp³-hybridized carbons (Fsp3) is 0.444. The number of carbonyl (C=O) groups excluding carboxylic acids is 1. The van der Waals surface area contributed by atoms with Gasteiger partial charge < -0.3 is 19.9 Å². The van der Waals surface area contributed by atoms with E-state index in [4.69, 9.17) is 4.74 Å². The Morgan fingerprint density at radius 1 is 1.06 bits per heavy atom. The Morgan fingerprint density at radius 2 is 1.76 bits per heavy atom. The monoisotopic (exact) mass is 448 g/mol. The quantitative estimate of drug-likeness (QED) is 0.562. The second-order valence-corrected chi connectivity index (χ2v) is 9.17. The summed E-state index contributed by atoms with van der Waals surface area (Å²) >= 11 is 0. The molecule has 6 heteroatoms. The van der Waals surface area contributed by atoms with Crippen molar-refractivity contribution in [3.8, 4) is 0 Å². The number of nitrogens with one attached hydrogen (secondary N) is 2. The third-order valence-electron chi connectivity index (χ3n) is 7.04. The summed E-state index contributed by atoms with van der Waals surface area (Å²) in [7, 11) is 1.73. The minimum Gasteiger partial charge on any atom is -0.383 e. The summed E-state index contributed by atoms with van der Waals surface area (Å²) in [5, 5.41) is 4.74. The molecule has 0 bridgehead atoms. The number of piperazine rings is 1. The van der Waals surface area contributed by atoms with Crippen LogP contribution in [0, 0.1) is 27.7 Å². The Kier molecular flexibility index (Phi) is 7.05. The lowest BCUT2D eigenvalue weighted by Crippen LogP contribution is -2.49. The molecular formula is C27H36N4O2. The number of H-pyrrole nitrogens is 1. The van der Waals surface area contributed by atoms with Gasteiger partial charge in [-0.1, -0.05) is 18.2 Å². The van der Waals surface area contributed by atoms with Crippen molar-refractivity contribution >= 4 is 22.5 Å². The van der Waals surface area contributed by atoms with Crippen LogP contribution in [0.3, 0.4) is 0 Å². The highest BCUT2D eigenvalue weighted by molar-refractivity contribution is 6.03. The molecule has 1 fully saturated rings. The van der Waals surface area contributed by atoms with Gasteiger partial charge in [0.15, 0.2) is 0 Å². The van der Waals surface area contributed by atoms with Gasteiger partial charge in [0.05, 0.1) is 17.8 Å². The topological polar surface area (TPSA) is 60.6 Å². The van der Waals surface area contributed by atoms with Gasteiger partial charge in [-0.05, 0) is 62.1 Å². The van der Waals surface area contributed by atoms with Gasteiger partial charge in [0.2, 0.25) is 0 Å². The number of fused-ring (bicyclic) bond motifs is 1. The molecule has 2 N–H and O–H groups in total. The molecule has 0 unspecified atom stereocenters. The summed E-state index contributed by atoms with van der Waals surface area (Å²) < 4.78 is 5.19. The lowest BCUT2D eigenvalue weighted by molar-refractivity contribution is 0.0594. The van der Waals surface area contributed by atoms with Crippen LogP contribution < -0.4 is 5.32 Å². The summed E-state index contributed by atoms with van der Waals surface area (Å²) in [4.78, 5) is 21.3. The largest absolute Gasteiger partial charge is 0.383 e. The first-order chi connectivity index (χ1) is 15.9. The molecule has 3 aromatic rings.